The van der Waals surface area contributed by atoms with Crippen molar-refractivity contribution in [2.45, 2.75) is 51.6 Å². The third kappa shape index (κ3) is 4.74. The number of urea groups is 1. The summed E-state index contributed by atoms with van der Waals surface area (Å²) in [6.45, 7) is 4.04. The van der Waals surface area contributed by atoms with Gasteiger partial charge in [0.2, 0.25) is 0 Å². The van der Waals surface area contributed by atoms with Gasteiger partial charge in [0.1, 0.15) is 0 Å². The van der Waals surface area contributed by atoms with Crippen molar-refractivity contribution in [3.8, 4) is 0 Å². The molecule has 0 radical (unpaired) electrons. The highest BCUT2D eigenvalue weighted by molar-refractivity contribution is 7.11. The predicted molar refractivity (Wildman–Crippen MR) is 82.7 cm³/mol. The van der Waals surface area contributed by atoms with E-state index in [0.29, 0.717) is 12.8 Å². The maximum absolute atomic E-state index is 11.9. The molecule has 0 bridgehead atoms. The molecule has 21 heavy (non-hydrogen) atoms. The topological polar surface area (TPSA) is 78.4 Å². The molecule has 3 atom stereocenters. The minimum absolute atomic E-state index is 0.0257. The lowest BCUT2D eigenvalue weighted by atomic mass is 10.1. The van der Waals surface area contributed by atoms with Gasteiger partial charge in [-0.25, -0.2) is 4.79 Å². The fraction of sp³-hybridized carbons (Fsp3) is 0.600. The van der Waals surface area contributed by atoms with Crippen molar-refractivity contribution in [3.05, 3.63) is 21.9 Å². The predicted octanol–water partition coefficient (Wildman–Crippen LogP) is 2.54. The van der Waals surface area contributed by atoms with Crippen molar-refractivity contribution in [3.63, 3.8) is 0 Å². The van der Waals surface area contributed by atoms with Crippen molar-refractivity contribution >= 4 is 23.3 Å². The van der Waals surface area contributed by atoms with E-state index in [0.717, 1.165) is 12.8 Å². The number of hydrogen-bond acceptors (Lipinski definition) is 3. The molecular weight excluding hydrogens is 288 g/mol. The number of carboxylic acids is 1. The Hall–Kier alpha value is -1.56. The summed E-state index contributed by atoms with van der Waals surface area (Å²) in [7, 11) is 0. The van der Waals surface area contributed by atoms with Gasteiger partial charge in [-0.15, -0.1) is 11.3 Å². The minimum atomic E-state index is -0.763. The maximum Gasteiger partial charge on any atom is 0.315 e. The third-order valence-corrected chi connectivity index (χ3v) is 4.82. The highest BCUT2D eigenvalue weighted by Crippen LogP contribution is 2.25. The van der Waals surface area contributed by atoms with Crippen LogP contribution in [0, 0.1) is 12.8 Å². The van der Waals surface area contributed by atoms with E-state index in [1.165, 1.54) is 9.75 Å². The number of amides is 2. The molecule has 1 aromatic heterocycles. The summed E-state index contributed by atoms with van der Waals surface area (Å²) in [6, 6.07) is 4.00. The fourth-order valence-corrected chi connectivity index (χ4v) is 3.75. The van der Waals surface area contributed by atoms with Crippen LogP contribution in [0.2, 0.25) is 0 Å². The van der Waals surface area contributed by atoms with Crippen LogP contribution in [0.3, 0.4) is 0 Å². The van der Waals surface area contributed by atoms with Gasteiger partial charge in [-0.05, 0) is 45.2 Å². The van der Waals surface area contributed by atoms with Crippen molar-refractivity contribution in [2.75, 3.05) is 0 Å². The Morgan fingerprint density at radius 3 is 2.76 bits per heavy atom. The molecule has 116 valence electrons. The van der Waals surface area contributed by atoms with E-state index in [4.69, 9.17) is 5.11 Å². The Bertz CT molecular complexity index is 515. The summed E-state index contributed by atoms with van der Waals surface area (Å²) in [5.74, 6) is -1.08. The van der Waals surface area contributed by atoms with Crippen molar-refractivity contribution in [2.24, 2.45) is 5.92 Å². The first-order valence-electron chi connectivity index (χ1n) is 7.29. The van der Waals surface area contributed by atoms with Crippen LogP contribution in [0.4, 0.5) is 4.79 Å². The van der Waals surface area contributed by atoms with Gasteiger partial charge in [0, 0.05) is 28.3 Å². The molecule has 1 fully saturated rings. The largest absolute Gasteiger partial charge is 0.481 e. The van der Waals surface area contributed by atoms with Gasteiger partial charge >= 0.3 is 12.0 Å². The molecule has 3 unspecified atom stereocenters. The second kappa shape index (κ2) is 6.93. The Kier molecular flexibility index (Phi) is 5.22. The average molecular weight is 310 g/mol. The lowest BCUT2D eigenvalue weighted by Crippen LogP contribution is -2.45. The van der Waals surface area contributed by atoms with E-state index in [2.05, 4.69) is 29.7 Å². The van der Waals surface area contributed by atoms with Crippen LogP contribution < -0.4 is 10.6 Å². The van der Waals surface area contributed by atoms with Crippen LogP contribution in [-0.4, -0.2) is 29.2 Å². The molecule has 1 aromatic rings. The van der Waals surface area contributed by atoms with Gasteiger partial charge < -0.3 is 15.7 Å². The van der Waals surface area contributed by atoms with Gasteiger partial charge in [0.15, 0.2) is 0 Å². The molecule has 1 heterocycles. The molecule has 1 aliphatic rings. The summed E-state index contributed by atoms with van der Waals surface area (Å²) >= 11 is 1.74. The second-order valence-corrected chi connectivity index (χ2v) is 7.15. The summed E-state index contributed by atoms with van der Waals surface area (Å²) in [5, 5.41) is 14.7. The first-order valence-corrected chi connectivity index (χ1v) is 8.11. The van der Waals surface area contributed by atoms with E-state index < -0.39 is 5.97 Å². The Morgan fingerprint density at radius 2 is 2.19 bits per heavy atom. The van der Waals surface area contributed by atoms with Gasteiger partial charge in [0.05, 0.1) is 5.92 Å². The van der Waals surface area contributed by atoms with E-state index in [1.807, 2.05) is 6.92 Å². The smallest absolute Gasteiger partial charge is 0.315 e. The van der Waals surface area contributed by atoms with Crippen LogP contribution in [0.5, 0.6) is 0 Å². The number of rotatable bonds is 5. The van der Waals surface area contributed by atoms with E-state index in [-0.39, 0.29) is 24.0 Å². The Labute approximate surface area is 128 Å². The Morgan fingerprint density at radius 1 is 1.43 bits per heavy atom. The molecule has 2 amide bonds. The molecule has 3 N–H and O–H groups in total. The highest BCUT2D eigenvalue weighted by Gasteiger charge is 2.30. The van der Waals surface area contributed by atoms with Crippen LogP contribution in [0.15, 0.2) is 12.1 Å². The highest BCUT2D eigenvalue weighted by atomic mass is 32.1. The molecule has 0 saturated heterocycles. The monoisotopic (exact) mass is 310 g/mol. The minimum Gasteiger partial charge on any atom is -0.481 e. The van der Waals surface area contributed by atoms with Crippen LogP contribution in [0.25, 0.3) is 0 Å². The number of aliphatic carboxylic acids is 1. The number of hydrogen-bond donors (Lipinski definition) is 3. The Balaban J connectivity index is 1.73. The molecule has 1 aliphatic carbocycles. The SMILES string of the molecule is Cc1ccc(CC(C)NC(=O)NC2CCC(C(=O)O)C2)s1. The molecule has 1 saturated carbocycles. The molecule has 2 rings (SSSR count). The van der Waals surface area contributed by atoms with Gasteiger partial charge in [-0.1, -0.05) is 0 Å². The van der Waals surface area contributed by atoms with Gasteiger partial charge in [-0.2, -0.15) is 0 Å². The van der Waals surface area contributed by atoms with Gasteiger partial charge in [-0.3, -0.25) is 4.79 Å². The maximum atomic E-state index is 11.9. The summed E-state index contributed by atoms with van der Waals surface area (Å²) in [4.78, 5) is 25.3. The molecule has 0 aliphatic heterocycles. The lowest BCUT2D eigenvalue weighted by Gasteiger charge is -2.17. The summed E-state index contributed by atoms with van der Waals surface area (Å²) < 4.78 is 0. The fourth-order valence-electron chi connectivity index (χ4n) is 2.74. The lowest BCUT2D eigenvalue weighted by molar-refractivity contribution is -0.141. The second-order valence-electron chi connectivity index (χ2n) is 5.78. The number of carbonyl (C=O) groups excluding carboxylic acids is 1. The number of aryl methyl sites for hydroxylation is 1. The van der Waals surface area contributed by atoms with Crippen LogP contribution in [-0.2, 0) is 11.2 Å². The number of carboxylic acid groups (broad SMARTS) is 1. The first kappa shape index (κ1) is 15.8. The normalized spacial score (nSPS) is 22.8. The van der Waals surface area contributed by atoms with E-state index in [1.54, 1.807) is 11.3 Å². The average Bonchev–Trinajstić information content (AvgIpc) is 2.98. The number of thiophene rings is 1. The summed E-state index contributed by atoms with van der Waals surface area (Å²) in [5.41, 5.74) is 0. The number of carbonyl (C=O) groups is 2. The van der Waals surface area contributed by atoms with Crippen molar-refractivity contribution < 1.29 is 14.7 Å². The molecule has 0 aromatic carbocycles. The first-order chi connectivity index (χ1) is 9.94. The van der Waals surface area contributed by atoms with Crippen molar-refractivity contribution in [1.82, 2.24) is 10.6 Å². The molecule has 6 heteroatoms. The van der Waals surface area contributed by atoms with Crippen molar-refractivity contribution in [1.29, 1.82) is 0 Å². The van der Waals surface area contributed by atoms with E-state index >= 15 is 0 Å². The van der Waals surface area contributed by atoms with Crippen LogP contribution in [0.1, 0.15) is 35.9 Å². The molecule has 0 spiro atoms. The zero-order valence-corrected chi connectivity index (χ0v) is 13.2. The number of nitrogens with one attached hydrogen (secondary N) is 2. The van der Waals surface area contributed by atoms with E-state index in [9.17, 15) is 9.59 Å². The summed E-state index contributed by atoms with van der Waals surface area (Å²) in [6.07, 6.45) is 2.72. The standard InChI is InChI=1S/C15H22N2O3S/c1-9(7-13-6-3-10(2)21-13)16-15(20)17-12-5-4-11(8-12)14(18)19/h3,6,9,11-12H,4-5,7-8H2,1-2H3,(H,18,19)(H2,16,17,20). The van der Waals surface area contributed by atoms with Crippen LogP contribution >= 0.6 is 11.3 Å². The zero-order chi connectivity index (χ0) is 15.4. The zero-order valence-electron chi connectivity index (χ0n) is 12.4. The molecule has 5 nitrogen and oxygen atoms in total. The molecular formula is C15H22N2O3S. The quantitative estimate of drug-likeness (QED) is 0.782. The third-order valence-electron chi connectivity index (χ3n) is 3.80. The van der Waals surface area contributed by atoms with Gasteiger partial charge in [0.25, 0.3) is 0 Å².